The van der Waals surface area contributed by atoms with Gasteiger partial charge in [0, 0.05) is 42.5 Å². The molecule has 0 spiro atoms. The number of rotatable bonds is 13. The highest BCUT2D eigenvalue weighted by Crippen LogP contribution is 2.39. The predicted octanol–water partition coefficient (Wildman–Crippen LogP) is 1.95. The minimum Gasteiger partial charge on any atom is -0.370 e. The smallest absolute Gasteiger partial charge is 0.370 e. The summed E-state index contributed by atoms with van der Waals surface area (Å²) in [5, 5.41) is 9.07. The summed E-state index contributed by atoms with van der Waals surface area (Å²) in [6, 6.07) is 20.1. The van der Waals surface area contributed by atoms with Gasteiger partial charge in [-0.1, -0.05) is 60.7 Å². The summed E-state index contributed by atoms with van der Waals surface area (Å²) >= 11 is 0. The first-order valence-corrected chi connectivity index (χ1v) is 20.2. The van der Waals surface area contributed by atoms with Gasteiger partial charge in [-0.15, -0.1) is 0 Å². The number of primary amides is 1. The predicted molar refractivity (Wildman–Crippen MR) is 210 cm³/mol. The highest BCUT2D eigenvalue weighted by atomic mass is 31.2. The Morgan fingerprint density at radius 2 is 1.53 bits per heavy atom. The van der Waals surface area contributed by atoms with Gasteiger partial charge in [-0.25, -0.2) is 0 Å². The molecule has 3 heterocycles. The number of aryl methyl sites for hydroxylation is 1. The number of nitrogens with one attached hydrogen (secondary N) is 3. The van der Waals surface area contributed by atoms with Gasteiger partial charge in [-0.2, -0.15) is 0 Å². The maximum atomic E-state index is 14.4. The lowest BCUT2D eigenvalue weighted by molar-refractivity contribution is -0.144. The third kappa shape index (κ3) is 9.32. The van der Waals surface area contributed by atoms with E-state index in [0.29, 0.717) is 36.7 Å². The highest BCUT2D eigenvalue weighted by molar-refractivity contribution is 7.70. The molecule has 3 aromatic carbocycles. The summed E-state index contributed by atoms with van der Waals surface area (Å²) in [6.45, 7) is 0.709. The number of nitrogens with zero attached hydrogens (tertiary/aromatic N) is 3. The SMILES string of the molecule is CN1CC[C@H]2CC[C@@H](C(=O)N[C@@H](CCC(N)=O)C(=O)NC(c3ccccc3)c3ccccc3)N2C(=O)[C@@H](NC(=O)c2cc3cc(C(=O)P(=O)(O)O)ccc3n2C)C1. The first-order chi connectivity index (χ1) is 27.1. The Kier molecular flexibility index (Phi) is 12.4. The molecule has 300 valence electrons. The van der Waals surface area contributed by atoms with Crippen LogP contribution in [0.1, 0.15) is 70.1 Å². The normalized spacial score (nSPS) is 19.4. The van der Waals surface area contributed by atoms with Crippen molar-refractivity contribution in [1.29, 1.82) is 0 Å². The number of hydrogen-bond acceptors (Lipinski definition) is 8. The van der Waals surface area contributed by atoms with E-state index in [1.54, 1.807) is 11.6 Å². The first-order valence-electron chi connectivity index (χ1n) is 18.6. The first kappa shape index (κ1) is 41.0. The fourth-order valence-electron chi connectivity index (χ4n) is 7.71. The van der Waals surface area contributed by atoms with Gasteiger partial charge in [0.25, 0.3) is 11.4 Å². The Hall–Kier alpha value is -5.67. The molecule has 17 heteroatoms. The lowest BCUT2D eigenvalue weighted by Gasteiger charge is -2.38. The van der Waals surface area contributed by atoms with E-state index in [9.17, 15) is 43.1 Å². The number of aromatic nitrogens is 1. The van der Waals surface area contributed by atoms with E-state index < -0.39 is 66.8 Å². The summed E-state index contributed by atoms with van der Waals surface area (Å²) in [7, 11) is -1.60. The number of fused-ring (bicyclic) bond motifs is 2. The van der Waals surface area contributed by atoms with Gasteiger partial charge in [0.05, 0.1) is 6.04 Å². The largest absolute Gasteiger partial charge is 0.396 e. The van der Waals surface area contributed by atoms with Crippen molar-refractivity contribution < 1.29 is 43.1 Å². The topological polar surface area (TPSA) is 233 Å². The molecule has 0 unspecified atom stereocenters. The van der Waals surface area contributed by atoms with Crippen LogP contribution in [0.3, 0.4) is 0 Å². The highest BCUT2D eigenvalue weighted by Gasteiger charge is 2.45. The fraction of sp³-hybridized carbons (Fsp3) is 0.350. The van der Waals surface area contributed by atoms with Crippen molar-refractivity contribution in [3.8, 4) is 0 Å². The Morgan fingerprint density at radius 3 is 2.14 bits per heavy atom. The molecule has 2 saturated heterocycles. The van der Waals surface area contributed by atoms with Gasteiger partial charge in [0.1, 0.15) is 23.8 Å². The van der Waals surface area contributed by atoms with Crippen molar-refractivity contribution in [3.63, 3.8) is 0 Å². The number of nitrogens with two attached hydrogens (primary N) is 1. The molecule has 4 aromatic rings. The lowest BCUT2D eigenvalue weighted by Crippen LogP contribution is -2.61. The van der Waals surface area contributed by atoms with Crippen LogP contribution in [0.15, 0.2) is 84.9 Å². The third-order valence-corrected chi connectivity index (χ3v) is 11.4. The second kappa shape index (κ2) is 17.2. The van der Waals surface area contributed by atoms with E-state index in [-0.39, 0.29) is 36.7 Å². The van der Waals surface area contributed by atoms with E-state index >= 15 is 0 Å². The molecule has 0 radical (unpaired) electrons. The number of carbonyl (C=O) groups excluding carboxylic acids is 6. The molecule has 7 N–H and O–H groups in total. The molecular weight excluding hydrogens is 753 g/mol. The second-order valence-electron chi connectivity index (χ2n) is 14.6. The van der Waals surface area contributed by atoms with Crippen LogP contribution in [0.25, 0.3) is 10.9 Å². The van der Waals surface area contributed by atoms with Crippen LogP contribution in [0.4, 0.5) is 0 Å². The molecule has 4 atom stereocenters. The summed E-state index contributed by atoms with van der Waals surface area (Å²) < 4.78 is 13.1. The number of amides is 5. The minimum atomic E-state index is -5.04. The molecule has 1 aromatic heterocycles. The molecule has 0 aliphatic carbocycles. The fourth-order valence-corrected chi connectivity index (χ4v) is 8.19. The van der Waals surface area contributed by atoms with Gasteiger partial charge in [-0.3, -0.25) is 33.3 Å². The van der Waals surface area contributed by atoms with Crippen LogP contribution in [0, 0.1) is 0 Å². The lowest BCUT2D eigenvalue weighted by atomic mass is 9.98. The monoisotopic (exact) mass is 799 g/mol. The van der Waals surface area contributed by atoms with Gasteiger partial charge in [0.2, 0.25) is 23.6 Å². The zero-order chi connectivity index (χ0) is 41.0. The number of likely N-dealkylation sites (N-methyl/N-ethyl adjacent to an activating group) is 1. The zero-order valence-electron chi connectivity index (χ0n) is 31.5. The van der Waals surface area contributed by atoms with Crippen LogP contribution in [0.2, 0.25) is 0 Å². The molecule has 16 nitrogen and oxygen atoms in total. The van der Waals surface area contributed by atoms with Crippen molar-refractivity contribution >= 4 is 53.6 Å². The second-order valence-corrected chi connectivity index (χ2v) is 16.1. The van der Waals surface area contributed by atoms with Gasteiger partial charge in [0.15, 0.2) is 0 Å². The maximum absolute atomic E-state index is 14.4. The minimum absolute atomic E-state index is 0.0727. The third-order valence-electron chi connectivity index (χ3n) is 10.7. The van der Waals surface area contributed by atoms with Gasteiger partial charge < -0.3 is 45.8 Å². The van der Waals surface area contributed by atoms with Crippen molar-refractivity contribution in [2.45, 2.75) is 62.3 Å². The number of benzene rings is 3. The molecule has 0 saturated carbocycles. The number of hydrogen-bond donors (Lipinski definition) is 6. The maximum Gasteiger partial charge on any atom is 0.396 e. The van der Waals surface area contributed by atoms with Crippen LogP contribution in [-0.4, -0.2) is 104 Å². The van der Waals surface area contributed by atoms with Crippen molar-refractivity contribution in [2.24, 2.45) is 12.8 Å². The molecule has 0 bridgehead atoms. The Labute approximate surface area is 328 Å². The van der Waals surface area contributed by atoms with Crippen LogP contribution >= 0.6 is 7.60 Å². The molecular formula is C40H46N7O9P. The van der Waals surface area contributed by atoms with E-state index in [1.165, 1.54) is 29.2 Å². The van der Waals surface area contributed by atoms with E-state index in [0.717, 1.165) is 11.1 Å². The quantitative estimate of drug-likeness (QED) is 0.108. The average Bonchev–Trinajstić information content (AvgIpc) is 3.76. The summed E-state index contributed by atoms with van der Waals surface area (Å²) in [4.78, 5) is 103. The standard InChI is InChI=1S/C40H46N7O9P/c1-45-20-19-28-14-17-32(37(50)42-29(15-18-34(41)48)36(49)44-35(24-9-5-3-6-10-24)25-11-7-4-8-12-25)47(28)39(52)30(23-45)43-38(51)33-22-27-21-26(40(53)57(54,55)56)13-16-31(27)46(33)2/h3-13,16,21-22,28-30,32,35H,14-15,17-20,23H2,1-2H3,(H2,41,48)(H,42,50)(H,43,51)(H,44,49)(H2,54,55,56)/t28-,29+,30+,32+/m1/s1. The van der Waals surface area contributed by atoms with E-state index in [2.05, 4.69) is 16.0 Å². The van der Waals surface area contributed by atoms with Gasteiger partial charge in [-0.05, 0) is 74.7 Å². The van der Waals surface area contributed by atoms with Crippen molar-refractivity contribution in [3.05, 3.63) is 107 Å². The van der Waals surface area contributed by atoms with Crippen LogP contribution < -0.4 is 21.7 Å². The molecule has 2 fully saturated rings. The van der Waals surface area contributed by atoms with Crippen molar-refractivity contribution in [1.82, 2.24) is 30.3 Å². The molecule has 2 aliphatic heterocycles. The molecule has 5 amide bonds. The van der Waals surface area contributed by atoms with Crippen LogP contribution in [0.5, 0.6) is 0 Å². The van der Waals surface area contributed by atoms with E-state index in [4.69, 9.17) is 5.73 Å². The zero-order valence-corrected chi connectivity index (χ0v) is 32.4. The number of carbonyl (C=O) groups is 6. The Bertz CT molecular complexity index is 2190. The van der Waals surface area contributed by atoms with E-state index in [1.807, 2.05) is 72.6 Å². The molecule has 57 heavy (non-hydrogen) atoms. The van der Waals surface area contributed by atoms with Crippen LogP contribution in [-0.2, 0) is 30.8 Å². The summed E-state index contributed by atoms with van der Waals surface area (Å²) in [5.74, 6) is -2.84. The summed E-state index contributed by atoms with van der Waals surface area (Å²) in [6.07, 6.45) is 1.15. The average molecular weight is 800 g/mol. The van der Waals surface area contributed by atoms with Gasteiger partial charge >= 0.3 is 7.60 Å². The molecule has 2 aliphatic rings. The van der Waals surface area contributed by atoms with Crippen molar-refractivity contribution in [2.75, 3.05) is 20.1 Å². The summed E-state index contributed by atoms with van der Waals surface area (Å²) in [5.41, 5.74) is 6.17. The Morgan fingerprint density at radius 1 is 0.877 bits per heavy atom. The molecule has 6 rings (SSSR count). The Balaban J connectivity index is 1.22.